The first-order valence-corrected chi connectivity index (χ1v) is 9.33. The second kappa shape index (κ2) is 6.13. The van der Waals surface area contributed by atoms with Crippen molar-refractivity contribution >= 4 is 16.0 Å². The van der Waals surface area contributed by atoms with Crippen LogP contribution in [0.2, 0.25) is 0 Å². The SMILES string of the molecule is CCS(=O)(=O)N1CCN(c2nnc(C3CCOC3)n2C)CC1. The van der Waals surface area contributed by atoms with Gasteiger partial charge in [-0.05, 0) is 13.3 Å². The highest BCUT2D eigenvalue weighted by molar-refractivity contribution is 7.89. The molecule has 0 spiro atoms. The number of nitrogens with zero attached hydrogens (tertiary/aromatic N) is 5. The van der Waals surface area contributed by atoms with E-state index in [9.17, 15) is 8.42 Å². The second-order valence-corrected chi connectivity index (χ2v) is 8.02. The number of hydrogen-bond acceptors (Lipinski definition) is 6. The van der Waals surface area contributed by atoms with Crippen LogP contribution in [0.4, 0.5) is 5.95 Å². The Morgan fingerprint density at radius 1 is 1.23 bits per heavy atom. The predicted octanol–water partition coefficient (Wildman–Crippen LogP) is -0.209. The molecule has 124 valence electrons. The van der Waals surface area contributed by atoms with Crippen molar-refractivity contribution in [2.45, 2.75) is 19.3 Å². The third kappa shape index (κ3) is 2.84. The minimum absolute atomic E-state index is 0.156. The van der Waals surface area contributed by atoms with Gasteiger partial charge in [0.1, 0.15) is 5.82 Å². The molecule has 0 amide bonds. The first-order chi connectivity index (χ1) is 10.5. The van der Waals surface area contributed by atoms with Crippen LogP contribution < -0.4 is 4.90 Å². The van der Waals surface area contributed by atoms with E-state index in [0.29, 0.717) is 38.7 Å². The van der Waals surface area contributed by atoms with Crippen LogP contribution in [0.1, 0.15) is 25.1 Å². The molecule has 0 radical (unpaired) electrons. The van der Waals surface area contributed by atoms with Crippen LogP contribution in [0, 0.1) is 0 Å². The van der Waals surface area contributed by atoms with E-state index >= 15 is 0 Å². The molecule has 0 aromatic carbocycles. The zero-order valence-corrected chi connectivity index (χ0v) is 13.9. The van der Waals surface area contributed by atoms with E-state index in [0.717, 1.165) is 24.8 Å². The molecule has 3 rings (SSSR count). The van der Waals surface area contributed by atoms with Crippen LogP contribution in [0.3, 0.4) is 0 Å². The summed E-state index contributed by atoms with van der Waals surface area (Å²) in [6, 6.07) is 0. The number of sulfonamides is 1. The molecule has 0 saturated carbocycles. The van der Waals surface area contributed by atoms with E-state index in [1.807, 2.05) is 11.6 Å². The third-order valence-electron chi connectivity index (χ3n) is 4.46. The number of rotatable bonds is 4. The molecule has 2 aliphatic rings. The lowest BCUT2D eigenvalue weighted by atomic mass is 10.1. The second-order valence-electron chi connectivity index (χ2n) is 5.76. The Labute approximate surface area is 131 Å². The normalized spacial score (nSPS) is 24.1. The molecular formula is C13H23N5O3S. The van der Waals surface area contributed by atoms with Gasteiger partial charge in [0.25, 0.3) is 0 Å². The van der Waals surface area contributed by atoms with Crippen molar-refractivity contribution < 1.29 is 13.2 Å². The van der Waals surface area contributed by atoms with Gasteiger partial charge in [-0.3, -0.25) is 0 Å². The smallest absolute Gasteiger partial charge is 0.227 e. The standard InChI is InChI=1S/C13H23N5O3S/c1-3-22(19,20)18-7-5-17(6-8-18)13-15-14-12(16(13)2)11-4-9-21-10-11/h11H,3-10H2,1-2H3. The summed E-state index contributed by atoms with van der Waals surface area (Å²) in [5.74, 6) is 2.24. The summed E-state index contributed by atoms with van der Waals surface area (Å²) in [4.78, 5) is 2.11. The van der Waals surface area contributed by atoms with E-state index in [1.165, 1.54) is 0 Å². The molecule has 1 aromatic heterocycles. The summed E-state index contributed by atoms with van der Waals surface area (Å²) in [5, 5.41) is 8.62. The maximum Gasteiger partial charge on any atom is 0.227 e. The molecule has 8 nitrogen and oxygen atoms in total. The van der Waals surface area contributed by atoms with E-state index in [2.05, 4.69) is 15.1 Å². The van der Waals surface area contributed by atoms with Crippen LogP contribution in [-0.2, 0) is 21.8 Å². The highest BCUT2D eigenvalue weighted by Gasteiger charge is 2.29. The molecule has 2 saturated heterocycles. The van der Waals surface area contributed by atoms with Crippen LogP contribution in [-0.4, -0.2) is 72.6 Å². The first kappa shape index (κ1) is 15.7. The predicted molar refractivity (Wildman–Crippen MR) is 82.4 cm³/mol. The van der Waals surface area contributed by atoms with E-state index in [1.54, 1.807) is 11.2 Å². The zero-order chi connectivity index (χ0) is 15.7. The number of aromatic nitrogens is 3. The molecule has 1 unspecified atom stereocenters. The Morgan fingerprint density at radius 2 is 1.95 bits per heavy atom. The lowest BCUT2D eigenvalue weighted by Gasteiger charge is -2.34. The lowest BCUT2D eigenvalue weighted by Crippen LogP contribution is -2.49. The van der Waals surface area contributed by atoms with Gasteiger partial charge in [-0.15, -0.1) is 10.2 Å². The molecule has 2 fully saturated rings. The monoisotopic (exact) mass is 329 g/mol. The van der Waals surface area contributed by atoms with Gasteiger partial charge in [0.2, 0.25) is 16.0 Å². The van der Waals surface area contributed by atoms with Gasteiger partial charge in [0.05, 0.1) is 12.4 Å². The molecule has 0 bridgehead atoms. The molecule has 9 heteroatoms. The number of hydrogen-bond donors (Lipinski definition) is 0. The van der Waals surface area contributed by atoms with Gasteiger partial charge in [-0.25, -0.2) is 8.42 Å². The fourth-order valence-electron chi connectivity index (χ4n) is 3.05. The molecule has 2 aliphatic heterocycles. The van der Waals surface area contributed by atoms with Crippen molar-refractivity contribution in [2.75, 3.05) is 50.0 Å². The molecule has 3 heterocycles. The van der Waals surface area contributed by atoms with Gasteiger partial charge >= 0.3 is 0 Å². The minimum Gasteiger partial charge on any atom is -0.381 e. The number of ether oxygens (including phenoxy) is 1. The number of piperazine rings is 1. The average molecular weight is 329 g/mol. The van der Waals surface area contributed by atoms with E-state index in [-0.39, 0.29) is 5.75 Å². The Hall–Kier alpha value is -1.19. The Bertz CT molecular complexity index is 616. The topological polar surface area (TPSA) is 80.6 Å². The summed E-state index contributed by atoms with van der Waals surface area (Å²) in [6.07, 6.45) is 0.981. The summed E-state index contributed by atoms with van der Waals surface area (Å²) >= 11 is 0. The van der Waals surface area contributed by atoms with Crippen molar-refractivity contribution in [1.29, 1.82) is 0 Å². The van der Waals surface area contributed by atoms with Crippen molar-refractivity contribution in [3.05, 3.63) is 5.82 Å². The molecule has 1 aromatic rings. The van der Waals surface area contributed by atoms with Gasteiger partial charge < -0.3 is 14.2 Å². The maximum atomic E-state index is 11.9. The van der Waals surface area contributed by atoms with E-state index < -0.39 is 10.0 Å². The van der Waals surface area contributed by atoms with Gasteiger partial charge in [-0.1, -0.05) is 0 Å². The van der Waals surface area contributed by atoms with Crippen molar-refractivity contribution in [3.63, 3.8) is 0 Å². The summed E-state index contributed by atoms with van der Waals surface area (Å²) in [5.41, 5.74) is 0. The first-order valence-electron chi connectivity index (χ1n) is 7.72. The summed E-state index contributed by atoms with van der Waals surface area (Å²) in [6.45, 7) is 5.46. The highest BCUT2D eigenvalue weighted by atomic mass is 32.2. The molecule has 1 atom stereocenters. The Kier molecular flexibility index (Phi) is 4.37. The lowest BCUT2D eigenvalue weighted by molar-refractivity contribution is 0.193. The molecule has 0 N–H and O–H groups in total. The third-order valence-corrected chi connectivity index (χ3v) is 6.34. The van der Waals surface area contributed by atoms with Gasteiger partial charge in [0, 0.05) is 45.8 Å². The van der Waals surface area contributed by atoms with Crippen LogP contribution >= 0.6 is 0 Å². The van der Waals surface area contributed by atoms with Crippen LogP contribution in [0.5, 0.6) is 0 Å². The Morgan fingerprint density at radius 3 is 2.55 bits per heavy atom. The number of anilines is 1. The zero-order valence-electron chi connectivity index (χ0n) is 13.1. The fraction of sp³-hybridized carbons (Fsp3) is 0.846. The fourth-order valence-corrected chi connectivity index (χ4v) is 4.14. The maximum absolute atomic E-state index is 11.9. The van der Waals surface area contributed by atoms with E-state index in [4.69, 9.17) is 4.74 Å². The Balaban J connectivity index is 1.69. The summed E-state index contributed by atoms with van der Waals surface area (Å²) < 4.78 is 32.8. The summed E-state index contributed by atoms with van der Waals surface area (Å²) in [7, 11) is -1.13. The average Bonchev–Trinajstić information content (AvgIpc) is 3.16. The van der Waals surface area contributed by atoms with Crippen molar-refractivity contribution in [1.82, 2.24) is 19.1 Å². The quantitative estimate of drug-likeness (QED) is 0.760. The minimum atomic E-state index is -3.10. The molecule has 22 heavy (non-hydrogen) atoms. The molecule has 0 aliphatic carbocycles. The van der Waals surface area contributed by atoms with Crippen molar-refractivity contribution in [3.8, 4) is 0 Å². The van der Waals surface area contributed by atoms with Crippen LogP contribution in [0.25, 0.3) is 0 Å². The largest absolute Gasteiger partial charge is 0.381 e. The van der Waals surface area contributed by atoms with Crippen molar-refractivity contribution in [2.24, 2.45) is 7.05 Å². The van der Waals surface area contributed by atoms with Gasteiger partial charge in [0.15, 0.2) is 0 Å². The highest BCUT2D eigenvalue weighted by Crippen LogP contribution is 2.26. The van der Waals surface area contributed by atoms with Crippen LogP contribution in [0.15, 0.2) is 0 Å². The van der Waals surface area contributed by atoms with Gasteiger partial charge in [-0.2, -0.15) is 4.31 Å². The molecular weight excluding hydrogens is 306 g/mol.